The van der Waals surface area contributed by atoms with Gasteiger partial charge in [0.25, 0.3) is 10.0 Å². The molecule has 0 unspecified atom stereocenters. The van der Waals surface area contributed by atoms with Crippen LogP contribution in [0.25, 0.3) is 11.1 Å². The highest BCUT2D eigenvalue weighted by molar-refractivity contribution is 7.89. The van der Waals surface area contributed by atoms with Gasteiger partial charge in [0.15, 0.2) is 5.03 Å². The quantitative estimate of drug-likeness (QED) is 0.222. The number of aliphatic carboxylic acids is 1. The van der Waals surface area contributed by atoms with Gasteiger partial charge in [-0.2, -0.15) is 4.31 Å². The first-order valence-electron chi connectivity index (χ1n) is 14.1. The third kappa shape index (κ3) is 9.06. The Hall–Kier alpha value is -4.88. The Bertz CT molecular complexity index is 1730. The first-order chi connectivity index (χ1) is 21.4. The molecule has 0 aliphatic rings. The number of nitrogens with zero attached hydrogens (tertiary/aromatic N) is 5. The topological polar surface area (TPSA) is 152 Å². The van der Waals surface area contributed by atoms with Gasteiger partial charge in [0.1, 0.15) is 18.0 Å². The maximum absolute atomic E-state index is 13.8. The number of rotatable bonds is 12. The number of carboxylic acids is 1. The van der Waals surface area contributed by atoms with Crippen LogP contribution >= 0.6 is 0 Å². The van der Waals surface area contributed by atoms with Crippen LogP contribution in [0.3, 0.4) is 0 Å². The molecule has 4 rings (SSSR count). The van der Waals surface area contributed by atoms with Crippen LogP contribution in [0.5, 0.6) is 5.88 Å². The molecule has 45 heavy (non-hydrogen) atoms. The van der Waals surface area contributed by atoms with E-state index in [0.29, 0.717) is 18.1 Å². The lowest BCUT2D eigenvalue weighted by molar-refractivity contribution is -0.135. The van der Waals surface area contributed by atoms with E-state index in [1.54, 1.807) is 51.2 Å². The highest BCUT2D eigenvalue weighted by Gasteiger charge is 2.29. The Morgan fingerprint density at radius 1 is 0.889 bits per heavy atom. The fraction of sp³-hybridized carbons (Fsp3) is 0.281. The molecule has 12 nitrogen and oxygen atoms in total. The Kier molecular flexibility index (Phi) is 10.5. The van der Waals surface area contributed by atoms with Gasteiger partial charge in [0.05, 0.1) is 18.8 Å². The van der Waals surface area contributed by atoms with Gasteiger partial charge in [-0.25, -0.2) is 28.2 Å². The molecule has 0 radical (unpaired) electrons. The van der Waals surface area contributed by atoms with Crippen LogP contribution in [0.2, 0.25) is 0 Å². The number of carbonyl (C=O) groups is 2. The molecule has 0 aliphatic carbocycles. The van der Waals surface area contributed by atoms with Gasteiger partial charge in [-0.1, -0.05) is 36.4 Å². The average molecular weight is 634 g/mol. The Morgan fingerprint density at radius 2 is 1.64 bits per heavy atom. The maximum atomic E-state index is 13.8. The normalized spacial score (nSPS) is 11.7. The Balaban J connectivity index is 1.65. The lowest BCUT2D eigenvalue weighted by Gasteiger charge is -2.26. The second-order valence-electron chi connectivity index (χ2n) is 10.9. The van der Waals surface area contributed by atoms with Crippen molar-refractivity contribution in [1.82, 2.24) is 19.3 Å². The van der Waals surface area contributed by atoms with Gasteiger partial charge in [-0.15, -0.1) is 0 Å². The van der Waals surface area contributed by atoms with Crippen molar-refractivity contribution < 1.29 is 32.6 Å². The Labute approximate surface area is 262 Å². The average Bonchev–Trinajstić information content (AvgIpc) is 3.00. The number of ether oxygens (including phenoxy) is 2. The summed E-state index contributed by atoms with van der Waals surface area (Å²) in [5.41, 5.74) is 1.90. The first kappa shape index (κ1) is 33.0. The van der Waals surface area contributed by atoms with Crippen LogP contribution in [0, 0.1) is 0 Å². The largest absolute Gasteiger partial charge is 0.480 e. The Morgan fingerprint density at radius 3 is 2.29 bits per heavy atom. The number of hydrogen-bond acceptors (Lipinski definition) is 9. The van der Waals surface area contributed by atoms with Crippen LogP contribution < -0.4 is 9.64 Å². The number of benzene rings is 1. The van der Waals surface area contributed by atoms with Crippen molar-refractivity contribution >= 4 is 27.9 Å². The number of carbonyl (C=O) groups excluding carboxylic acids is 1. The molecule has 0 spiro atoms. The van der Waals surface area contributed by atoms with E-state index in [2.05, 4.69) is 15.0 Å². The molecule has 3 heterocycles. The number of anilines is 1. The zero-order valence-corrected chi connectivity index (χ0v) is 26.3. The lowest BCUT2D eigenvalue weighted by Crippen LogP contribution is -2.40. The summed E-state index contributed by atoms with van der Waals surface area (Å²) >= 11 is 0. The molecule has 0 atom stereocenters. The van der Waals surface area contributed by atoms with E-state index < -0.39 is 34.2 Å². The van der Waals surface area contributed by atoms with Crippen molar-refractivity contribution in [3.63, 3.8) is 0 Å². The minimum Gasteiger partial charge on any atom is -0.480 e. The van der Waals surface area contributed by atoms with E-state index in [9.17, 15) is 23.1 Å². The van der Waals surface area contributed by atoms with Crippen molar-refractivity contribution in [1.29, 1.82) is 0 Å². The lowest BCUT2D eigenvalue weighted by atomic mass is 10.1. The molecular formula is C32H35N5O7S. The van der Waals surface area contributed by atoms with E-state index in [1.807, 2.05) is 43.3 Å². The van der Waals surface area contributed by atoms with Crippen LogP contribution in [0.4, 0.5) is 10.6 Å². The van der Waals surface area contributed by atoms with Gasteiger partial charge in [0.2, 0.25) is 5.88 Å². The van der Waals surface area contributed by atoms with Crippen molar-refractivity contribution in [2.45, 2.75) is 51.4 Å². The number of sulfonamides is 1. The zero-order chi connectivity index (χ0) is 32.6. The van der Waals surface area contributed by atoms with Gasteiger partial charge in [-0.3, -0.25) is 9.69 Å². The molecule has 13 heteroatoms. The van der Waals surface area contributed by atoms with Gasteiger partial charge >= 0.3 is 12.1 Å². The monoisotopic (exact) mass is 633 g/mol. The van der Waals surface area contributed by atoms with Crippen molar-refractivity contribution in [3.8, 4) is 17.0 Å². The summed E-state index contributed by atoms with van der Waals surface area (Å²) < 4.78 is 39.7. The number of hydrogen-bond donors (Lipinski definition) is 1. The maximum Gasteiger partial charge on any atom is 0.416 e. The summed E-state index contributed by atoms with van der Waals surface area (Å²) in [4.78, 5) is 38.1. The number of amides is 1. The summed E-state index contributed by atoms with van der Waals surface area (Å²) in [6.45, 7) is 6.46. The molecule has 1 amide bonds. The molecule has 1 N–H and O–H groups in total. The molecule has 236 valence electrons. The highest BCUT2D eigenvalue weighted by atomic mass is 32.2. The van der Waals surface area contributed by atoms with Crippen LogP contribution in [-0.2, 0) is 32.6 Å². The molecule has 0 aliphatic heterocycles. The number of pyridine rings is 3. The molecule has 0 bridgehead atoms. The van der Waals surface area contributed by atoms with Crippen LogP contribution in [0.1, 0.15) is 39.0 Å². The summed E-state index contributed by atoms with van der Waals surface area (Å²) in [7, 11) is -4.11. The molecule has 0 saturated carbocycles. The summed E-state index contributed by atoms with van der Waals surface area (Å²) in [5.74, 6) is -0.751. The van der Waals surface area contributed by atoms with Crippen LogP contribution in [-0.4, -0.2) is 63.6 Å². The fourth-order valence-electron chi connectivity index (χ4n) is 4.26. The van der Waals surface area contributed by atoms with Crippen molar-refractivity contribution in [2.24, 2.45) is 0 Å². The fourth-order valence-corrected chi connectivity index (χ4v) is 5.59. The molecule has 0 fully saturated rings. The highest BCUT2D eigenvalue weighted by Crippen LogP contribution is 2.25. The SMILES string of the molecule is CCOc1cc(-c2ccc(CN(Cc3cccc(N(CC(=O)O)C(=O)OC(C)(C)C)n3)S(=O)(=O)c3ccccn3)cc2)ccn1. The van der Waals surface area contributed by atoms with E-state index in [1.165, 1.54) is 22.6 Å². The molecule has 3 aromatic heterocycles. The number of aromatic nitrogens is 3. The van der Waals surface area contributed by atoms with E-state index in [4.69, 9.17) is 9.47 Å². The van der Waals surface area contributed by atoms with Crippen molar-refractivity contribution in [3.05, 3.63) is 96.4 Å². The summed E-state index contributed by atoms with van der Waals surface area (Å²) in [6.07, 6.45) is 2.17. The van der Waals surface area contributed by atoms with Crippen LogP contribution in [0.15, 0.2) is 90.2 Å². The molecule has 0 saturated heterocycles. The van der Waals surface area contributed by atoms with Crippen molar-refractivity contribution in [2.75, 3.05) is 18.1 Å². The third-order valence-corrected chi connectivity index (χ3v) is 7.94. The van der Waals surface area contributed by atoms with E-state index >= 15 is 0 Å². The zero-order valence-electron chi connectivity index (χ0n) is 25.5. The second kappa shape index (κ2) is 14.3. The van der Waals surface area contributed by atoms with E-state index in [-0.39, 0.29) is 29.6 Å². The van der Waals surface area contributed by atoms with Gasteiger partial charge in [-0.05, 0) is 74.7 Å². The predicted octanol–water partition coefficient (Wildman–Crippen LogP) is 5.15. The van der Waals surface area contributed by atoms with Gasteiger partial charge in [0, 0.05) is 25.0 Å². The smallest absolute Gasteiger partial charge is 0.416 e. The third-order valence-electron chi connectivity index (χ3n) is 6.23. The summed E-state index contributed by atoms with van der Waals surface area (Å²) in [6, 6.07) is 20.4. The number of carboxylic acid groups (broad SMARTS) is 1. The summed E-state index contributed by atoms with van der Waals surface area (Å²) in [5, 5.41) is 9.31. The second-order valence-corrected chi connectivity index (χ2v) is 12.8. The minimum atomic E-state index is -4.11. The first-order valence-corrected chi connectivity index (χ1v) is 15.6. The molecule has 4 aromatic rings. The van der Waals surface area contributed by atoms with Gasteiger partial charge < -0.3 is 14.6 Å². The minimum absolute atomic E-state index is 0.00691. The standard InChI is InChI=1S/C32H35N5O7S/c1-5-43-28-19-25(16-18-33-28)24-14-12-23(13-15-24)20-36(45(41,42)29-11-6-7-17-34-29)21-26-9-8-10-27(35-26)37(22-30(38)39)31(40)44-32(2,3)4/h6-19H,5,20-22H2,1-4H3,(H,38,39). The molecule has 1 aromatic carbocycles. The van der Waals surface area contributed by atoms with E-state index in [0.717, 1.165) is 16.0 Å². The predicted molar refractivity (Wildman–Crippen MR) is 167 cm³/mol. The molecular weight excluding hydrogens is 598 g/mol.